The molecule has 2 heteroatoms. The van der Waals surface area contributed by atoms with Crippen molar-refractivity contribution in [2.24, 2.45) is 5.92 Å². The van der Waals surface area contributed by atoms with Crippen LogP contribution in [0.3, 0.4) is 0 Å². The summed E-state index contributed by atoms with van der Waals surface area (Å²) in [5, 5.41) is 0. The van der Waals surface area contributed by atoms with Crippen LogP contribution in [0, 0.1) is 5.92 Å². The Hall–Kier alpha value is -0.340. The fourth-order valence-corrected chi connectivity index (χ4v) is 2.09. The lowest BCUT2D eigenvalue weighted by Gasteiger charge is -2.33. The van der Waals surface area contributed by atoms with Crippen LogP contribution in [0.1, 0.15) is 52.9 Å². The van der Waals surface area contributed by atoms with E-state index in [2.05, 4.69) is 32.9 Å². The van der Waals surface area contributed by atoms with E-state index in [0.717, 1.165) is 25.9 Å². The van der Waals surface area contributed by atoms with Gasteiger partial charge in [0.2, 0.25) is 0 Å². The third kappa shape index (κ3) is 4.67. The normalized spacial score (nSPS) is 28.4. The molecule has 1 rings (SSSR count). The van der Waals surface area contributed by atoms with E-state index in [1.165, 1.54) is 12.8 Å². The molecule has 0 aliphatic carbocycles. The summed E-state index contributed by atoms with van der Waals surface area (Å²) in [6.45, 7) is 7.44. The van der Waals surface area contributed by atoms with Gasteiger partial charge in [-0.05, 0) is 25.7 Å². The molecule has 94 valence electrons. The van der Waals surface area contributed by atoms with Crippen molar-refractivity contribution in [2.45, 2.75) is 65.3 Å². The number of hydrogen-bond acceptors (Lipinski definition) is 2. The van der Waals surface area contributed by atoms with Crippen molar-refractivity contribution in [3.05, 3.63) is 12.2 Å². The Morgan fingerprint density at radius 1 is 1.31 bits per heavy atom. The zero-order chi connectivity index (χ0) is 11.8. The van der Waals surface area contributed by atoms with Gasteiger partial charge < -0.3 is 9.47 Å². The topological polar surface area (TPSA) is 18.5 Å². The molecule has 3 atom stereocenters. The smallest absolute Gasteiger partial charge is 0.160 e. The largest absolute Gasteiger partial charge is 0.352 e. The molecule has 0 bridgehead atoms. The van der Waals surface area contributed by atoms with Crippen LogP contribution >= 0.6 is 0 Å². The zero-order valence-corrected chi connectivity index (χ0v) is 10.9. The van der Waals surface area contributed by atoms with Crippen LogP contribution in [0.25, 0.3) is 0 Å². The number of hydrogen-bond donors (Lipinski definition) is 0. The van der Waals surface area contributed by atoms with Crippen LogP contribution in [0.2, 0.25) is 0 Å². The van der Waals surface area contributed by atoms with E-state index in [1.807, 2.05) is 0 Å². The second-order valence-corrected chi connectivity index (χ2v) is 4.67. The Kier molecular flexibility index (Phi) is 6.74. The van der Waals surface area contributed by atoms with Gasteiger partial charge >= 0.3 is 0 Å². The van der Waals surface area contributed by atoms with Gasteiger partial charge in [-0.2, -0.15) is 0 Å². The van der Waals surface area contributed by atoms with Crippen molar-refractivity contribution >= 4 is 0 Å². The highest BCUT2D eigenvalue weighted by Crippen LogP contribution is 2.23. The summed E-state index contributed by atoms with van der Waals surface area (Å²) in [5.74, 6) is 0.517. The summed E-state index contributed by atoms with van der Waals surface area (Å²) < 4.78 is 11.7. The van der Waals surface area contributed by atoms with Gasteiger partial charge in [0.15, 0.2) is 6.29 Å². The average molecular weight is 226 g/mol. The minimum absolute atomic E-state index is 0.0220. The van der Waals surface area contributed by atoms with E-state index in [-0.39, 0.29) is 6.29 Å². The molecule has 0 saturated carbocycles. The molecule has 1 saturated heterocycles. The predicted molar refractivity (Wildman–Crippen MR) is 67.4 cm³/mol. The van der Waals surface area contributed by atoms with Gasteiger partial charge in [-0.3, -0.25) is 0 Å². The van der Waals surface area contributed by atoms with Gasteiger partial charge in [0.05, 0.1) is 12.7 Å². The SMILES string of the molecule is CC/C=C/C[C@@H]1CCO[C@H](C(C)CCC)O1. The molecule has 2 nitrogen and oxygen atoms in total. The van der Waals surface area contributed by atoms with E-state index in [1.54, 1.807) is 0 Å². The van der Waals surface area contributed by atoms with E-state index in [9.17, 15) is 0 Å². The number of ether oxygens (including phenoxy) is 2. The lowest BCUT2D eigenvalue weighted by molar-refractivity contribution is -0.232. The quantitative estimate of drug-likeness (QED) is 0.639. The van der Waals surface area contributed by atoms with E-state index >= 15 is 0 Å². The van der Waals surface area contributed by atoms with Crippen LogP contribution in [0.4, 0.5) is 0 Å². The van der Waals surface area contributed by atoms with Gasteiger partial charge in [-0.1, -0.05) is 39.3 Å². The first-order valence-electron chi connectivity index (χ1n) is 6.70. The highest BCUT2D eigenvalue weighted by molar-refractivity contribution is 4.84. The molecule has 0 amide bonds. The van der Waals surface area contributed by atoms with Crippen LogP contribution in [-0.4, -0.2) is 19.0 Å². The standard InChI is InChI=1S/C14H26O2/c1-4-6-7-9-13-10-11-15-14(16-13)12(3)8-5-2/h6-7,12-14H,4-5,8-11H2,1-3H3/b7-6+/t12?,13-,14+/m1/s1. The molecule has 1 heterocycles. The van der Waals surface area contributed by atoms with E-state index in [0.29, 0.717) is 12.0 Å². The van der Waals surface area contributed by atoms with Crippen LogP contribution in [0.5, 0.6) is 0 Å². The molecular weight excluding hydrogens is 200 g/mol. The Morgan fingerprint density at radius 2 is 2.12 bits per heavy atom. The fraction of sp³-hybridized carbons (Fsp3) is 0.857. The average Bonchev–Trinajstić information content (AvgIpc) is 2.30. The lowest BCUT2D eigenvalue weighted by atomic mass is 10.0. The third-order valence-electron chi connectivity index (χ3n) is 3.06. The molecule has 1 aliphatic heterocycles. The first-order chi connectivity index (χ1) is 7.77. The Bertz CT molecular complexity index is 201. The zero-order valence-electron chi connectivity index (χ0n) is 10.9. The molecule has 0 spiro atoms. The summed E-state index contributed by atoms with van der Waals surface area (Å²) in [4.78, 5) is 0. The maximum atomic E-state index is 5.97. The van der Waals surface area contributed by atoms with Crippen molar-refractivity contribution in [3.63, 3.8) is 0 Å². The fourth-order valence-electron chi connectivity index (χ4n) is 2.09. The maximum absolute atomic E-state index is 5.97. The predicted octanol–water partition coefficient (Wildman–Crippen LogP) is 3.91. The third-order valence-corrected chi connectivity index (χ3v) is 3.06. The number of allylic oxidation sites excluding steroid dienone is 1. The van der Waals surface area contributed by atoms with Crippen LogP contribution < -0.4 is 0 Å². The molecule has 0 aromatic carbocycles. The molecule has 1 fully saturated rings. The van der Waals surface area contributed by atoms with Crippen molar-refractivity contribution in [1.82, 2.24) is 0 Å². The Morgan fingerprint density at radius 3 is 2.81 bits per heavy atom. The van der Waals surface area contributed by atoms with Crippen molar-refractivity contribution in [2.75, 3.05) is 6.61 Å². The van der Waals surface area contributed by atoms with Gasteiger partial charge in [0, 0.05) is 5.92 Å². The van der Waals surface area contributed by atoms with Crippen molar-refractivity contribution < 1.29 is 9.47 Å². The molecular formula is C14H26O2. The van der Waals surface area contributed by atoms with Gasteiger partial charge in [-0.15, -0.1) is 0 Å². The first-order valence-corrected chi connectivity index (χ1v) is 6.70. The molecule has 1 aliphatic rings. The van der Waals surface area contributed by atoms with E-state index in [4.69, 9.17) is 9.47 Å². The molecule has 0 aromatic rings. The minimum Gasteiger partial charge on any atom is -0.352 e. The number of rotatable bonds is 6. The lowest BCUT2D eigenvalue weighted by Crippen LogP contribution is -2.36. The van der Waals surface area contributed by atoms with Gasteiger partial charge in [-0.25, -0.2) is 0 Å². The van der Waals surface area contributed by atoms with Gasteiger partial charge in [0.1, 0.15) is 0 Å². The van der Waals surface area contributed by atoms with Crippen molar-refractivity contribution in [3.8, 4) is 0 Å². The molecule has 0 N–H and O–H groups in total. The molecule has 1 unspecified atom stereocenters. The van der Waals surface area contributed by atoms with Crippen LogP contribution in [-0.2, 0) is 9.47 Å². The summed E-state index contributed by atoms with van der Waals surface area (Å²) in [6.07, 6.45) is 10.4. The summed E-state index contributed by atoms with van der Waals surface area (Å²) >= 11 is 0. The summed E-state index contributed by atoms with van der Waals surface area (Å²) in [7, 11) is 0. The first kappa shape index (κ1) is 13.7. The second-order valence-electron chi connectivity index (χ2n) is 4.67. The highest BCUT2D eigenvalue weighted by Gasteiger charge is 2.26. The van der Waals surface area contributed by atoms with Crippen molar-refractivity contribution in [1.29, 1.82) is 0 Å². The Balaban J connectivity index is 2.31. The van der Waals surface area contributed by atoms with Gasteiger partial charge in [0.25, 0.3) is 0 Å². The maximum Gasteiger partial charge on any atom is 0.160 e. The molecule has 16 heavy (non-hydrogen) atoms. The van der Waals surface area contributed by atoms with E-state index < -0.39 is 0 Å². The molecule has 0 aromatic heterocycles. The highest BCUT2D eigenvalue weighted by atomic mass is 16.7. The molecule has 0 radical (unpaired) electrons. The monoisotopic (exact) mass is 226 g/mol. The summed E-state index contributed by atoms with van der Waals surface area (Å²) in [5.41, 5.74) is 0. The second kappa shape index (κ2) is 7.86. The summed E-state index contributed by atoms with van der Waals surface area (Å²) in [6, 6.07) is 0. The minimum atomic E-state index is 0.0220. The van der Waals surface area contributed by atoms with Crippen LogP contribution in [0.15, 0.2) is 12.2 Å². The Labute approximate surface area is 100 Å².